The zero-order valence-corrected chi connectivity index (χ0v) is 15.3. The molecule has 0 N–H and O–H groups in total. The Morgan fingerprint density at radius 3 is 2.79 bits per heavy atom. The number of carbonyl (C=O) groups is 1. The van der Waals surface area contributed by atoms with Gasteiger partial charge in [-0.1, -0.05) is 11.6 Å². The summed E-state index contributed by atoms with van der Waals surface area (Å²) in [5, 5.41) is 1.83. The van der Waals surface area contributed by atoms with E-state index in [0.29, 0.717) is 5.75 Å². The molecule has 4 rings (SSSR count). The van der Waals surface area contributed by atoms with Gasteiger partial charge in [0.1, 0.15) is 0 Å². The first kappa shape index (κ1) is 16.2. The normalized spacial score (nSPS) is 17.3. The van der Waals surface area contributed by atoms with Gasteiger partial charge in [-0.3, -0.25) is 9.78 Å². The SMILES string of the molecule is O=C(CSc1c2c(nc3ccc(Cl)cc13)CCCC2)N1CCCC1. The van der Waals surface area contributed by atoms with Crippen molar-refractivity contribution in [1.82, 2.24) is 9.88 Å². The Morgan fingerprint density at radius 1 is 1.17 bits per heavy atom. The number of nitrogens with zero attached hydrogens (tertiary/aromatic N) is 2. The minimum Gasteiger partial charge on any atom is -0.342 e. The summed E-state index contributed by atoms with van der Waals surface area (Å²) in [6.45, 7) is 1.83. The molecule has 24 heavy (non-hydrogen) atoms. The van der Waals surface area contributed by atoms with E-state index in [2.05, 4.69) is 0 Å². The van der Waals surface area contributed by atoms with Crippen LogP contribution in [0.5, 0.6) is 0 Å². The quantitative estimate of drug-likeness (QED) is 0.756. The van der Waals surface area contributed by atoms with E-state index < -0.39 is 0 Å². The number of thioether (sulfide) groups is 1. The molecule has 0 atom stereocenters. The highest BCUT2D eigenvalue weighted by Gasteiger charge is 2.22. The number of rotatable bonds is 3. The molecule has 0 spiro atoms. The van der Waals surface area contributed by atoms with E-state index in [4.69, 9.17) is 16.6 Å². The summed E-state index contributed by atoms with van der Waals surface area (Å²) in [7, 11) is 0. The van der Waals surface area contributed by atoms with Gasteiger partial charge in [0.2, 0.25) is 5.91 Å². The van der Waals surface area contributed by atoms with Crippen LogP contribution in [0.1, 0.15) is 36.9 Å². The van der Waals surface area contributed by atoms with Crippen LogP contribution in [-0.4, -0.2) is 34.6 Å². The second kappa shape index (κ2) is 6.93. The van der Waals surface area contributed by atoms with Gasteiger partial charge < -0.3 is 4.90 Å². The largest absolute Gasteiger partial charge is 0.342 e. The molecule has 1 aliphatic heterocycles. The van der Waals surface area contributed by atoms with E-state index in [0.717, 1.165) is 54.7 Å². The molecule has 1 aromatic heterocycles. The van der Waals surface area contributed by atoms with E-state index >= 15 is 0 Å². The number of hydrogen-bond donors (Lipinski definition) is 0. The molecule has 126 valence electrons. The van der Waals surface area contributed by atoms with E-state index in [1.54, 1.807) is 11.8 Å². The third-order valence-corrected chi connectivity index (χ3v) is 6.35. The molecular weight excluding hydrogens is 340 g/mol. The van der Waals surface area contributed by atoms with E-state index in [1.165, 1.54) is 29.0 Å². The van der Waals surface area contributed by atoms with Gasteiger partial charge in [-0.2, -0.15) is 0 Å². The Labute approximate surface area is 151 Å². The maximum atomic E-state index is 12.5. The van der Waals surface area contributed by atoms with Crippen LogP contribution >= 0.6 is 23.4 Å². The molecule has 1 fully saturated rings. The van der Waals surface area contributed by atoms with Crippen LogP contribution in [-0.2, 0) is 17.6 Å². The predicted molar refractivity (Wildman–Crippen MR) is 99.9 cm³/mol. The summed E-state index contributed by atoms with van der Waals surface area (Å²) < 4.78 is 0. The molecule has 0 radical (unpaired) electrons. The number of halogens is 1. The summed E-state index contributed by atoms with van der Waals surface area (Å²) in [6, 6.07) is 5.90. The summed E-state index contributed by atoms with van der Waals surface area (Å²) >= 11 is 7.91. The molecule has 2 aromatic rings. The summed E-state index contributed by atoms with van der Waals surface area (Å²) in [5.41, 5.74) is 3.55. The summed E-state index contributed by atoms with van der Waals surface area (Å²) in [5.74, 6) is 0.770. The molecule has 0 unspecified atom stereocenters. The van der Waals surface area contributed by atoms with Crippen molar-refractivity contribution in [2.45, 2.75) is 43.4 Å². The molecule has 0 bridgehead atoms. The fraction of sp³-hybridized carbons (Fsp3) is 0.474. The smallest absolute Gasteiger partial charge is 0.232 e. The Bertz CT molecular complexity index is 787. The number of carbonyl (C=O) groups excluding carboxylic acids is 1. The lowest BCUT2D eigenvalue weighted by molar-refractivity contribution is -0.127. The average Bonchev–Trinajstić information content (AvgIpc) is 3.13. The van der Waals surface area contributed by atoms with Crippen molar-refractivity contribution in [2.75, 3.05) is 18.8 Å². The van der Waals surface area contributed by atoms with Crippen LogP contribution < -0.4 is 0 Å². The minimum atomic E-state index is 0.258. The van der Waals surface area contributed by atoms with Crippen molar-refractivity contribution in [3.63, 3.8) is 0 Å². The van der Waals surface area contributed by atoms with Crippen molar-refractivity contribution in [1.29, 1.82) is 0 Å². The van der Waals surface area contributed by atoms with Crippen molar-refractivity contribution in [2.24, 2.45) is 0 Å². The number of pyridine rings is 1. The first-order valence-corrected chi connectivity index (χ1v) is 10.1. The maximum absolute atomic E-state index is 12.5. The predicted octanol–water partition coefficient (Wildman–Crippen LogP) is 4.48. The highest BCUT2D eigenvalue weighted by atomic mass is 35.5. The second-order valence-electron chi connectivity index (χ2n) is 6.61. The summed E-state index contributed by atoms with van der Waals surface area (Å²) in [6.07, 6.45) is 6.79. The average molecular weight is 361 g/mol. The maximum Gasteiger partial charge on any atom is 0.232 e. The van der Waals surface area contributed by atoms with Crippen LogP contribution in [0.3, 0.4) is 0 Å². The third-order valence-electron chi connectivity index (χ3n) is 4.97. The van der Waals surface area contributed by atoms with Crippen LogP contribution in [0.15, 0.2) is 23.1 Å². The van der Waals surface area contributed by atoms with Crippen molar-refractivity contribution >= 4 is 40.2 Å². The molecule has 1 amide bonds. The highest BCUT2D eigenvalue weighted by Crippen LogP contribution is 2.37. The van der Waals surface area contributed by atoms with Crippen LogP contribution in [0.4, 0.5) is 0 Å². The van der Waals surface area contributed by atoms with Crippen LogP contribution in [0.25, 0.3) is 10.9 Å². The molecule has 5 heteroatoms. The molecule has 3 nitrogen and oxygen atoms in total. The van der Waals surface area contributed by atoms with Gasteiger partial charge in [0.25, 0.3) is 0 Å². The van der Waals surface area contributed by atoms with Gasteiger partial charge >= 0.3 is 0 Å². The Balaban J connectivity index is 1.69. The molecule has 1 saturated heterocycles. The Kier molecular flexibility index (Phi) is 4.68. The van der Waals surface area contributed by atoms with Crippen molar-refractivity contribution in [3.8, 4) is 0 Å². The number of aromatic nitrogens is 1. The van der Waals surface area contributed by atoms with E-state index in [1.807, 2.05) is 23.1 Å². The van der Waals surface area contributed by atoms with Gasteiger partial charge in [-0.05, 0) is 62.3 Å². The van der Waals surface area contributed by atoms with Gasteiger partial charge in [-0.25, -0.2) is 0 Å². The lowest BCUT2D eigenvalue weighted by Crippen LogP contribution is -2.29. The zero-order chi connectivity index (χ0) is 16.5. The number of hydrogen-bond acceptors (Lipinski definition) is 3. The minimum absolute atomic E-state index is 0.258. The highest BCUT2D eigenvalue weighted by molar-refractivity contribution is 8.00. The monoisotopic (exact) mass is 360 g/mol. The number of benzene rings is 1. The lowest BCUT2D eigenvalue weighted by Gasteiger charge is -2.21. The molecule has 2 heterocycles. The third kappa shape index (κ3) is 3.14. The van der Waals surface area contributed by atoms with Crippen LogP contribution in [0.2, 0.25) is 5.02 Å². The number of aryl methyl sites for hydroxylation is 1. The van der Waals surface area contributed by atoms with Crippen molar-refractivity contribution in [3.05, 3.63) is 34.5 Å². The number of likely N-dealkylation sites (tertiary alicyclic amines) is 1. The fourth-order valence-electron chi connectivity index (χ4n) is 3.71. The Morgan fingerprint density at radius 2 is 1.96 bits per heavy atom. The van der Waals surface area contributed by atoms with Crippen molar-refractivity contribution < 1.29 is 4.79 Å². The number of fused-ring (bicyclic) bond motifs is 2. The molecule has 0 saturated carbocycles. The second-order valence-corrected chi connectivity index (χ2v) is 8.03. The lowest BCUT2D eigenvalue weighted by atomic mass is 9.94. The Hall–Kier alpha value is -1.26. The van der Waals surface area contributed by atoms with E-state index in [-0.39, 0.29) is 5.91 Å². The van der Waals surface area contributed by atoms with Gasteiger partial charge in [0, 0.05) is 34.1 Å². The van der Waals surface area contributed by atoms with Gasteiger partial charge in [-0.15, -0.1) is 11.8 Å². The molecular formula is C19H21ClN2OS. The van der Waals surface area contributed by atoms with Crippen LogP contribution in [0, 0.1) is 0 Å². The standard InChI is InChI=1S/C19H21ClN2OS/c20-13-7-8-17-15(11-13)19(14-5-1-2-6-16(14)21-17)24-12-18(23)22-9-3-4-10-22/h7-8,11H,1-6,9-10,12H2. The topological polar surface area (TPSA) is 33.2 Å². The molecule has 2 aliphatic rings. The molecule has 1 aromatic carbocycles. The zero-order valence-electron chi connectivity index (χ0n) is 13.7. The van der Waals surface area contributed by atoms with Gasteiger partial charge in [0.05, 0.1) is 11.3 Å². The first-order valence-electron chi connectivity index (χ1n) is 8.74. The fourth-order valence-corrected chi connectivity index (χ4v) is 5.05. The number of amides is 1. The van der Waals surface area contributed by atoms with Gasteiger partial charge in [0.15, 0.2) is 0 Å². The molecule has 1 aliphatic carbocycles. The summed E-state index contributed by atoms with van der Waals surface area (Å²) in [4.78, 5) is 20.5. The first-order chi connectivity index (χ1) is 11.7. The van der Waals surface area contributed by atoms with E-state index in [9.17, 15) is 4.79 Å².